The topological polar surface area (TPSA) is 222 Å². The van der Waals surface area contributed by atoms with Gasteiger partial charge in [0.15, 0.2) is 0 Å². The Kier molecular flexibility index (Phi) is 15.0. The predicted molar refractivity (Wildman–Crippen MR) is 263 cm³/mol. The number of aryl methyl sites for hydroxylation is 1. The van der Waals surface area contributed by atoms with Crippen LogP contribution in [0.25, 0.3) is 33.3 Å². The lowest BCUT2D eigenvalue weighted by Gasteiger charge is -2.37. The molecule has 6 atom stereocenters. The molecule has 2 aromatic heterocycles. The quantitative estimate of drug-likeness (QED) is 0.136. The zero-order valence-corrected chi connectivity index (χ0v) is 42.6. The third-order valence-electron chi connectivity index (χ3n) is 14.1. The van der Waals surface area contributed by atoms with Crippen molar-refractivity contribution in [1.29, 1.82) is 0 Å². The van der Waals surface area contributed by atoms with Crippen LogP contribution in [0.4, 0.5) is 0 Å². The number of phenolic OH excluding ortho intramolecular Hbond substituents is 1. The number of fused-ring (bicyclic) bond motifs is 6. The van der Waals surface area contributed by atoms with E-state index >= 15 is 0 Å². The van der Waals surface area contributed by atoms with Crippen LogP contribution >= 0.6 is 0 Å². The van der Waals surface area contributed by atoms with Crippen LogP contribution in [-0.2, 0) is 74.4 Å². The van der Waals surface area contributed by atoms with Crippen molar-refractivity contribution in [2.24, 2.45) is 17.3 Å². The number of carbonyl (C=O) groups excluding carboxylic acids is 5. The van der Waals surface area contributed by atoms with E-state index < -0.39 is 81.3 Å². The van der Waals surface area contributed by atoms with E-state index in [0.29, 0.717) is 43.5 Å². The molecular formula is C51H66N8O11S. The lowest BCUT2D eigenvalue weighted by atomic mass is 9.84. The molecule has 3 fully saturated rings. The molecule has 0 saturated carbocycles. The molecule has 6 heterocycles. The van der Waals surface area contributed by atoms with Crippen molar-refractivity contribution >= 4 is 50.8 Å². The lowest BCUT2D eigenvalue weighted by molar-refractivity contribution is -0.155. The second-order valence-corrected chi connectivity index (χ2v) is 22.2. The fourth-order valence-corrected chi connectivity index (χ4v) is 12.3. The number of nitrogens with one attached hydrogen (secondary N) is 2. The maximum Gasteiger partial charge on any atom is 0.325 e. The summed E-state index contributed by atoms with van der Waals surface area (Å²) < 4.78 is 47.6. The molecule has 6 bridgehead atoms. The van der Waals surface area contributed by atoms with Crippen molar-refractivity contribution in [3.05, 3.63) is 71.5 Å². The number of hydrogen-bond donors (Lipinski definition) is 3. The summed E-state index contributed by atoms with van der Waals surface area (Å²) in [4.78, 5) is 75.4. The minimum Gasteiger partial charge on any atom is -0.508 e. The predicted octanol–water partition coefficient (Wildman–Crippen LogP) is 3.80. The van der Waals surface area contributed by atoms with Crippen molar-refractivity contribution in [1.82, 2.24) is 38.8 Å². The van der Waals surface area contributed by atoms with Gasteiger partial charge >= 0.3 is 11.9 Å². The summed E-state index contributed by atoms with van der Waals surface area (Å²) in [5.74, 6) is -4.02. The number of pyridine rings is 1. The number of ether oxygens (including phenoxy) is 3. The first kappa shape index (κ1) is 51.4. The van der Waals surface area contributed by atoms with E-state index in [1.807, 2.05) is 24.4 Å². The van der Waals surface area contributed by atoms with Gasteiger partial charge in [0.05, 0.1) is 31.9 Å². The Morgan fingerprint density at radius 3 is 2.54 bits per heavy atom. The van der Waals surface area contributed by atoms with Gasteiger partial charge in [-0.3, -0.25) is 34.0 Å². The first-order valence-corrected chi connectivity index (χ1v) is 25.7. The van der Waals surface area contributed by atoms with Crippen LogP contribution in [0.15, 0.2) is 54.9 Å². The largest absolute Gasteiger partial charge is 0.508 e. The van der Waals surface area contributed by atoms with E-state index in [9.17, 15) is 37.5 Å². The van der Waals surface area contributed by atoms with Gasteiger partial charge in [-0.1, -0.05) is 39.8 Å². The maximum absolute atomic E-state index is 14.8. The Hall–Kier alpha value is -5.93. The molecule has 0 radical (unpaired) electrons. The zero-order chi connectivity index (χ0) is 51.1. The summed E-state index contributed by atoms with van der Waals surface area (Å²) in [6, 6.07) is 9.14. The Morgan fingerprint density at radius 2 is 1.82 bits per heavy atom. The molecule has 1 unspecified atom stereocenters. The fraction of sp³-hybridized carbons (Fsp3) is 0.529. The smallest absolute Gasteiger partial charge is 0.325 e. The summed E-state index contributed by atoms with van der Waals surface area (Å²) in [6.07, 6.45) is 5.14. The van der Waals surface area contributed by atoms with Crippen LogP contribution in [0.5, 0.6) is 5.75 Å². The van der Waals surface area contributed by atoms with Crippen molar-refractivity contribution in [3.8, 4) is 28.1 Å². The molecule has 4 aliphatic heterocycles. The van der Waals surface area contributed by atoms with Crippen molar-refractivity contribution in [3.63, 3.8) is 0 Å². The number of phenols is 1. The van der Waals surface area contributed by atoms with E-state index in [1.54, 1.807) is 39.3 Å². The minimum atomic E-state index is -4.03. The number of amides is 3. The summed E-state index contributed by atoms with van der Waals surface area (Å²) in [7, 11) is 0.310. The van der Waals surface area contributed by atoms with Crippen LogP contribution in [-0.4, -0.2) is 149 Å². The molecule has 3 saturated heterocycles. The number of aromatic hydroxyl groups is 1. The highest BCUT2D eigenvalue weighted by molar-refractivity contribution is 7.87. The number of likely N-dealkylation sites (N-methyl/N-ethyl adjacent to an activating group) is 1. The standard InChI is InChI=1S/C51H66N8O11S/c1-9-57-42-13-12-32-23-37(42)38(45(57)39-25-52-16-14-34(39)28-68-7)24-51(4,5)29-70-49(64)40-11-10-17-58(54-40)48(63)41(21-31-19-35(32)22-36(60)20-31)53-46(61)44(30(2)3)55(6)47(62)33-15-18-56(26-33)71(66,67)59-27-43(59)50(65)69-8/h12-14,16,19-20,22-23,25,30,33,40-41,43-44,54,60H,9-11,15,17-18,21,24,26-29H2,1-8H3,(H,53,61)/t33-,40-,41-,43+,44-,59?/m0/s1. The number of hydrogen-bond acceptors (Lipinski definition) is 13. The zero-order valence-electron chi connectivity index (χ0n) is 41.8. The number of carbonyl (C=O) groups is 5. The Labute approximate surface area is 414 Å². The second kappa shape index (κ2) is 20.7. The maximum atomic E-state index is 14.8. The molecular weight excluding hydrogens is 933 g/mol. The highest BCUT2D eigenvalue weighted by Crippen LogP contribution is 2.42. The normalized spacial score (nSPS) is 23.2. The van der Waals surface area contributed by atoms with Crippen LogP contribution in [0.3, 0.4) is 0 Å². The summed E-state index contributed by atoms with van der Waals surface area (Å²) in [6.45, 7) is 11.0. The van der Waals surface area contributed by atoms with E-state index in [0.717, 1.165) is 43.2 Å². The average Bonchev–Trinajstić information content (AvgIpc) is 3.91. The number of benzene rings is 2. The van der Waals surface area contributed by atoms with Crippen LogP contribution in [0, 0.1) is 17.3 Å². The molecule has 0 spiro atoms. The number of esters is 2. The van der Waals surface area contributed by atoms with E-state index in [1.165, 1.54) is 28.4 Å². The number of aromatic nitrogens is 2. The average molecular weight is 999 g/mol. The highest BCUT2D eigenvalue weighted by Gasteiger charge is 2.53. The SMILES string of the molecule is CCn1c(-c2cnccc2COC)c2c3cc(ccc31)-c1cc(O)cc(c1)C[C@H](NC(=O)[C@H](C(C)C)N(C)C(=O)[C@H]1CCN(S(=O)(=O)N3C[C@@H]3C(=O)OC)C1)C(=O)N1CCC[C@H](N1)C(=O)OCC(C)(C)C2. The highest BCUT2D eigenvalue weighted by atomic mass is 32.2. The Balaban J connectivity index is 1.14. The lowest BCUT2D eigenvalue weighted by Crippen LogP contribution is -2.62. The molecule has 0 aliphatic carbocycles. The molecule has 3 N–H and O–H groups in total. The van der Waals surface area contributed by atoms with Crippen LogP contribution in [0.2, 0.25) is 0 Å². The molecule has 20 heteroatoms. The monoisotopic (exact) mass is 998 g/mol. The first-order chi connectivity index (χ1) is 33.8. The van der Waals surface area contributed by atoms with Crippen LogP contribution < -0.4 is 10.7 Å². The van der Waals surface area contributed by atoms with E-state index in [4.69, 9.17) is 14.2 Å². The van der Waals surface area contributed by atoms with Gasteiger partial charge in [0.25, 0.3) is 16.1 Å². The van der Waals surface area contributed by atoms with Gasteiger partial charge in [0.2, 0.25) is 11.8 Å². The van der Waals surface area contributed by atoms with E-state index in [2.05, 4.69) is 53.2 Å². The van der Waals surface area contributed by atoms with Crippen molar-refractivity contribution in [2.75, 3.05) is 54.1 Å². The van der Waals surface area contributed by atoms with Gasteiger partial charge in [-0.25, -0.2) is 5.43 Å². The van der Waals surface area contributed by atoms with Crippen molar-refractivity contribution < 1.29 is 51.7 Å². The number of cyclic esters (lactones) is 1. The molecule has 382 valence electrons. The Bertz CT molecular complexity index is 2830. The summed E-state index contributed by atoms with van der Waals surface area (Å²) >= 11 is 0. The van der Waals surface area contributed by atoms with Gasteiger partial charge in [-0.05, 0) is 96.7 Å². The fourth-order valence-electron chi connectivity index (χ4n) is 10.5. The summed E-state index contributed by atoms with van der Waals surface area (Å²) in [5.41, 5.74) is 9.45. The van der Waals surface area contributed by atoms with Gasteiger partial charge in [0, 0.05) is 87.6 Å². The third kappa shape index (κ3) is 10.5. The number of methoxy groups -OCH3 is 2. The van der Waals surface area contributed by atoms with Crippen molar-refractivity contribution in [2.45, 2.75) is 104 Å². The number of nitrogens with zero attached hydrogens (tertiary/aromatic N) is 6. The molecule has 8 rings (SSSR count). The van der Waals surface area contributed by atoms with Gasteiger partial charge in [-0.15, -0.1) is 0 Å². The molecule has 71 heavy (non-hydrogen) atoms. The van der Waals surface area contributed by atoms with Gasteiger partial charge < -0.3 is 34.1 Å². The third-order valence-corrected chi connectivity index (χ3v) is 16.1. The van der Waals surface area contributed by atoms with Gasteiger partial charge in [-0.2, -0.15) is 17.0 Å². The molecule has 4 aromatic rings. The first-order valence-electron chi connectivity index (χ1n) is 24.3. The molecule has 3 amide bonds. The molecule has 19 nitrogen and oxygen atoms in total. The number of hydrazine groups is 1. The molecule has 4 aliphatic rings. The second-order valence-electron chi connectivity index (χ2n) is 20.3. The minimum absolute atomic E-state index is 0.00527. The van der Waals surface area contributed by atoms with E-state index in [-0.39, 0.29) is 51.4 Å². The Morgan fingerprint density at radius 1 is 1.04 bits per heavy atom. The molecule has 2 aromatic carbocycles. The number of rotatable bonds is 12. The summed E-state index contributed by atoms with van der Waals surface area (Å²) in [5, 5.41) is 16.6. The van der Waals surface area contributed by atoms with Crippen LogP contribution in [0.1, 0.15) is 70.6 Å². The van der Waals surface area contributed by atoms with Gasteiger partial charge in [0.1, 0.15) is 29.9 Å².